The van der Waals surface area contributed by atoms with Crippen LogP contribution >= 0.6 is 11.8 Å². The molecule has 0 N–H and O–H groups in total. The Bertz CT molecular complexity index is 1500. The van der Waals surface area contributed by atoms with Gasteiger partial charge in [0.25, 0.3) is 5.56 Å². The Morgan fingerprint density at radius 3 is 2.02 bits per heavy atom. The number of hydrogen-bond acceptors (Lipinski definition) is 5. The summed E-state index contributed by atoms with van der Waals surface area (Å²) < 4.78 is 14.8. The van der Waals surface area contributed by atoms with Crippen LogP contribution in [0.5, 0.6) is 0 Å². The molecule has 2 heterocycles. The van der Waals surface area contributed by atoms with Crippen molar-refractivity contribution in [3.8, 4) is 0 Å². The van der Waals surface area contributed by atoms with Gasteiger partial charge in [-0.3, -0.25) is 19.1 Å². The minimum atomic E-state index is -0.388. The highest BCUT2D eigenvalue weighted by Crippen LogP contribution is 2.30. The number of halogens is 1. The Morgan fingerprint density at radius 2 is 1.46 bits per heavy atom. The van der Waals surface area contributed by atoms with E-state index in [2.05, 4.69) is 53.4 Å². The lowest BCUT2D eigenvalue weighted by Crippen LogP contribution is -2.51. The van der Waals surface area contributed by atoms with E-state index in [-0.39, 0.29) is 28.6 Å². The van der Waals surface area contributed by atoms with Gasteiger partial charge in [0.05, 0.1) is 11.3 Å². The molecule has 5 rings (SSSR count). The third-order valence-electron chi connectivity index (χ3n) is 7.70. The summed E-state index contributed by atoms with van der Waals surface area (Å²) in [7, 11) is 1.69. The molecule has 6 nitrogen and oxygen atoms in total. The Balaban J connectivity index is 1.25. The number of thioether (sulfide) groups is 1. The zero-order valence-electron chi connectivity index (χ0n) is 23.7. The quantitative estimate of drug-likeness (QED) is 0.214. The maximum absolute atomic E-state index is 13.5. The van der Waals surface area contributed by atoms with Crippen LogP contribution in [0.2, 0.25) is 0 Å². The molecule has 212 valence electrons. The van der Waals surface area contributed by atoms with Crippen molar-refractivity contribution in [1.29, 1.82) is 0 Å². The molecule has 1 aromatic heterocycles. The minimum Gasteiger partial charge on any atom is -0.339 e. The van der Waals surface area contributed by atoms with Gasteiger partial charge in [-0.15, -0.1) is 0 Å². The van der Waals surface area contributed by atoms with Gasteiger partial charge in [0.1, 0.15) is 5.82 Å². The van der Waals surface area contributed by atoms with E-state index in [9.17, 15) is 14.0 Å². The Hall–Kier alpha value is -3.75. The van der Waals surface area contributed by atoms with Gasteiger partial charge in [-0.2, -0.15) is 0 Å². The van der Waals surface area contributed by atoms with Gasteiger partial charge in [-0.05, 0) is 42.7 Å². The van der Waals surface area contributed by atoms with Crippen LogP contribution in [-0.4, -0.2) is 56.7 Å². The van der Waals surface area contributed by atoms with E-state index < -0.39 is 0 Å². The van der Waals surface area contributed by atoms with E-state index in [1.165, 1.54) is 39.6 Å². The van der Waals surface area contributed by atoms with E-state index in [1.807, 2.05) is 30.9 Å². The predicted octanol–water partition coefficient (Wildman–Crippen LogP) is 5.23. The number of benzene rings is 3. The van der Waals surface area contributed by atoms with Gasteiger partial charge in [0, 0.05) is 50.9 Å². The van der Waals surface area contributed by atoms with Gasteiger partial charge in [0.2, 0.25) is 5.91 Å². The number of carbonyl (C=O) groups is 1. The molecule has 1 unspecified atom stereocenters. The lowest BCUT2D eigenvalue weighted by Gasteiger charge is -2.40. The molecule has 1 saturated heterocycles. The minimum absolute atomic E-state index is 0.0490. The maximum atomic E-state index is 13.5. The standard InChI is InChI=1S/C33H35FN4O2S/c1-23-29(22-25-14-16-28(34)17-15-25)32(40)36(3)33(35-23)41-24(2)31(39)38-20-18-37(19-21-38)30(26-10-6-4-7-11-26)27-12-8-5-9-13-27/h4-17,24,30H,18-22H2,1-3H3. The Labute approximate surface area is 244 Å². The van der Waals surface area contributed by atoms with Crippen LogP contribution in [0.3, 0.4) is 0 Å². The highest BCUT2D eigenvalue weighted by molar-refractivity contribution is 8.00. The van der Waals surface area contributed by atoms with E-state index in [4.69, 9.17) is 4.98 Å². The van der Waals surface area contributed by atoms with Crippen molar-refractivity contribution >= 4 is 17.7 Å². The fourth-order valence-electron chi connectivity index (χ4n) is 5.40. The van der Waals surface area contributed by atoms with Crippen molar-refractivity contribution < 1.29 is 9.18 Å². The number of amides is 1. The molecule has 0 saturated carbocycles. The first-order chi connectivity index (χ1) is 19.8. The average molecular weight is 571 g/mol. The summed E-state index contributed by atoms with van der Waals surface area (Å²) in [5.74, 6) is -0.261. The van der Waals surface area contributed by atoms with Gasteiger partial charge >= 0.3 is 0 Å². The first-order valence-electron chi connectivity index (χ1n) is 13.9. The van der Waals surface area contributed by atoms with Gasteiger partial charge < -0.3 is 4.90 Å². The SMILES string of the molecule is Cc1nc(SC(C)C(=O)N2CCN(C(c3ccccc3)c3ccccc3)CC2)n(C)c(=O)c1Cc1ccc(F)cc1. The highest BCUT2D eigenvalue weighted by Gasteiger charge is 2.30. The molecule has 0 bridgehead atoms. The van der Waals surface area contributed by atoms with E-state index in [1.54, 1.807) is 19.2 Å². The molecule has 0 radical (unpaired) electrons. The second kappa shape index (κ2) is 12.8. The molecule has 8 heteroatoms. The van der Waals surface area contributed by atoms with Crippen molar-refractivity contribution in [2.24, 2.45) is 7.05 Å². The van der Waals surface area contributed by atoms with Crippen LogP contribution in [0.25, 0.3) is 0 Å². The van der Waals surface area contributed by atoms with Crippen molar-refractivity contribution in [2.45, 2.75) is 36.7 Å². The maximum Gasteiger partial charge on any atom is 0.257 e. The highest BCUT2D eigenvalue weighted by atomic mass is 32.2. The smallest absolute Gasteiger partial charge is 0.257 e. The number of nitrogens with zero attached hydrogens (tertiary/aromatic N) is 4. The zero-order chi connectivity index (χ0) is 28.9. The second-order valence-corrected chi connectivity index (χ2v) is 11.8. The second-order valence-electron chi connectivity index (χ2n) is 10.5. The lowest BCUT2D eigenvalue weighted by molar-refractivity contribution is -0.132. The summed E-state index contributed by atoms with van der Waals surface area (Å²) in [6.07, 6.45) is 0.377. The van der Waals surface area contributed by atoms with E-state index in [0.717, 1.165) is 18.7 Å². The molecule has 41 heavy (non-hydrogen) atoms. The van der Waals surface area contributed by atoms with Gasteiger partial charge in [-0.1, -0.05) is 84.6 Å². The first kappa shape index (κ1) is 28.8. The first-order valence-corrected chi connectivity index (χ1v) is 14.8. The number of rotatable bonds is 8. The van der Waals surface area contributed by atoms with Crippen molar-refractivity contribution in [3.05, 3.63) is 129 Å². The topological polar surface area (TPSA) is 58.4 Å². The summed E-state index contributed by atoms with van der Waals surface area (Å²) in [6.45, 7) is 6.51. The number of aryl methyl sites for hydroxylation is 1. The molecule has 0 spiro atoms. The molecule has 1 fully saturated rings. The average Bonchev–Trinajstić information content (AvgIpc) is 3.00. The summed E-state index contributed by atoms with van der Waals surface area (Å²) in [6, 6.07) is 27.3. The van der Waals surface area contributed by atoms with Crippen LogP contribution in [0, 0.1) is 12.7 Å². The van der Waals surface area contributed by atoms with Gasteiger partial charge in [0.15, 0.2) is 5.16 Å². The molecule has 4 aromatic rings. The third-order valence-corrected chi connectivity index (χ3v) is 8.83. The number of hydrogen-bond donors (Lipinski definition) is 0. The molecule has 1 amide bonds. The molecule has 0 aliphatic carbocycles. The van der Waals surface area contributed by atoms with E-state index >= 15 is 0 Å². The summed E-state index contributed by atoms with van der Waals surface area (Å²) in [5, 5.41) is 0.129. The van der Waals surface area contributed by atoms with Crippen molar-refractivity contribution in [2.75, 3.05) is 26.2 Å². The number of piperazine rings is 1. The summed E-state index contributed by atoms with van der Waals surface area (Å²) in [5.41, 5.74) is 4.38. The Kier molecular flexibility index (Phi) is 9.00. The van der Waals surface area contributed by atoms with E-state index in [0.29, 0.717) is 35.9 Å². The van der Waals surface area contributed by atoms with Crippen molar-refractivity contribution in [1.82, 2.24) is 19.4 Å². The molecule has 3 aromatic carbocycles. The number of aromatic nitrogens is 2. The van der Waals surface area contributed by atoms with Crippen molar-refractivity contribution in [3.63, 3.8) is 0 Å². The van der Waals surface area contributed by atoms with Crippen LogP contribution in [0.4, 0.5) is 4.39 Å². The zero-order valence-corrected chi connectivity index (χ0v) is 24.5. The van der Waals surface area contributed by atoms with Crippen LogP contribution in [0.1, 0.15) is 40.9 Å². The molecule has 1 aliphatic heterocycles. The molecule has 1 aliphatic rings. The predicted molar refractivity (Wildman–Crippen MR) is 162 cm³/mol. The summed E-state index contributed by atoms with van der Waals surface area (Å²) >= 11 is 1.32. The molecular formula is C33H35FN4O2S. The molecule has 1 atom stereocenters. The fraction of sp³-hybridized carbons (Fsp3) is 0.303. The molecular weight excluding hydrogens is 535 g/mol. The third kappa shape index (κ3) is 6.60. The monoisotopic (exact) mass is 570 g/mol. The fourth-order valence-corrected chi connectivity index (χ4v) is 6.39. The Morgan fingerprint density at radius 1 is 0.902 bits per heavy atom. The lowest BCUT2D eigenvalue weighted by atomic mass is 9.96. The van der Waals surface area contributed by atoms with Crippen LogP contribution in [-0.2, 0) is 18.3 Å². The van der Waals surface area contributed by atoms with Crippen LogP contribution < -0.4 is 5.56 Å². The number of carbonyl (C=O) groups excluding carboxylic acids is 1. The summed E-state index contributed by atoms with van der Waals surface area (Å²) in [4.78, 5) is 35.7. The largest absolute Gasteiger partial charge is 0.339 e. The van der Waals surface area contributed by atoms with Crippen LogP contribution in [0.15, 0.2) is 94.9 Å². The van der Waals surface area contributed by atoms with Gasteiger partial charge in [-0.25, -0.2) is 9.37 Å². The normalized spacial score (nSPS) is 14.8.